The van der Waals surface area contributed by atoms with E-state index in [9.17, 15) is 4.79 Å². The highest BCUT2D eigenvalue weighted by molar-refractivity contribution is 5.97. The lowest BCUT2D eigenvalue weighted by Crippen LogP contribution is -3.00. The lowest BCUT2D eigenvalue weighted by atomic mass is 10.1. The first-order valence-electron chi connectivity index (χ1n) is 7.35. The number of rotatable bonds is 4. The van der Waals surface area contributed by atoms with Crippen LogP contribution in [-0.4, -0.2) is 78.6 Å². The zero-order valence-corrected chi connectivity index (χ0v) is 13.5. The molecule has 5 rings (SSSR count). The van der Waals surface area contributed by atoms with Gasteiger partial charge < -0.3 is 17.1 Å². The minimum absolute atomic E-state index is 0. The van der Waals surface area contributed by atoms with Gasteiger partial charge in [0.25, 0.3) is 0 Å². The van der Waals surface area contributed by atoms with Gasteiger partial charge in [0.2, 0.25) is 5.78 Å². The van der Waals surface area contributed by atoms with E-state index in [1.54, 1.807) is 7.11 Å². The van der Waals surface area contributed by atoms with Gasteiger partial charge in [-0.1, -0.05) is 0 Å². The first-order chi connectivity index (χ1) is 10.2. The van der Waals surface area contributed by atoms with Gasteiger partial charge in [-0.2, -0.15) is 0 Å². The Hall–Kier alpha value is -1.18. The number of quaternary nitrogens is 1. The number of hydrogen-bond donors (Lipinski definition) is 0. The predicted octanol–water partition coefficient (Wildman–Crippen LogP) is -2.61. The molecule has 1 aromatic carbocycles. The van der Waals surface area contributed by atoms with Gasteiger partial charge in [-0.25, -0.2) is 14.7 Å². The van der Waals surface area contributed by atoms with Crippen LogP contribution in [0.15, 0.2) is 24.3 Å². The van der Waals surface area contributed by atoms with E-state index in [2.05, 4.69) is 14.7 Å². The molecule has 0 unspecified atom stereocenters. The molecule has 4 heterocycles. The fraction of sp³-hybridized carbons (Fsp3) is 0.533. The van der Waals surface area contributed by atoms with Crippen molar-refractivity contribution in [3.8, 4) is 5.75 Å². The van der Waals surface area contributed by atoms with Crippen molar-refractivity contribution in [3.05, 3.63) is 29.8 Å². The molecule has 4 saturated heterocycles. The van der Waals surface area contributed by atoms with Crippen LogP contribution in [0.3, 0.4) is 0 Å². The third-order valence-corrected chi connectivity index (χ3v) is 4.59. The Kier molecular flexibility index (Phi) is 4.13. The average molecular weight is 325 g/mol. The predicted molar refractivity (Wildman–Crippen MR) is 77.2 cm³/mol. The van der Waals surface area contributed by atoms with Gasteiger partial charge in [0.15, 0.2) is 0 Å². The second kappa shape index (κ2) is 5.79. The molecule has 4 fully saturated rings. The summed E-state index contributed by atoms with van der Waals surface area (Å²) >= 11 is 0. The average Bonchev–Trinajstić information content (AvgIpc) is 2.45. The van der Waals surface area contributed by atoms with E-state index in [1.165, 1.54) is 0 Å². The zero-order chi connectivity index (χ0) is 14.4. The van der Waals surface area contributed by atoms with Crippen molar-refractivity contribution in [3.63, 3.8) is 0 Å². The summed E-state index contributed by atoms with van der Waals surface area (Å²) < 4.78 is 6.00. The Morgan fingerprint density at radius 3 is 2.00 bits per heavy atom. The van der Waals surface area contributed by atoms with Gasteiger partial charge in [0, 0.05) is 5.56 Å². The van der Waals surface area contributed by atoms with E-state index in [0.29, 0.717) is 6.54 Å². The lowest BCUT2D eigenvalue weighted by molar-refractivity contribution is -0.973. The Bertz CT molecular complexity index is 528. The van der Waals surface area contributed by atoms with Gasteiger partial charge >= 0.3 is 0 Å². The Morgan fingerprint density at radius 2 is 1.55 bits per heavy atom. The molecule has 0 atom stereocenters. The SMILES string of the molecule is COc1ccc(C(=O)C[N+]23CN4CN(CN(C4)C2)C3)cc1.[Cl-]. The van der Waals surface area contributed by atoms with Crippen LogP contribution < -0.4 is 17.1 Å². The van der Waals surface area contributed by atoms with Crippen molar-refractivity contribution in [1.29, 1.82) is 0 Å². The highest BCUT2D eigenvalue weighted by Gasteiger charge is 2.49. The summed E-state index contributed by atoms with van der Waals surface area (Å²) in [6.07, 6.45) is 0. The van der Waals surface area contributed by atoms with Gasteiger partial charge in [-0.3, -0.25) is 9.28 Å². The van der Waals surface area contributed by atoms with Gasteiger partial charge in [-0.15, -0.1) is 0 Å². The molecule has 0 aromatic heterocycles. The Morgan fingerprint density at radius 1 is 1.05 bits per heavy atom. The van der Waals surface area contributed by atoms with Crippen molar-refractivity contribution in [2.45, 2.75) is 0 Å². The van der Waals surface area contributed by atoms with Crippen molar-refractivity contribution in [2.24, 2.45) is 0 Å². The van der Waals surface area contributed by atoms with Crippen molar-refractivity contribution < 1.29 is 26.4 Å². The minimum Gasteiger partial charge on any atom is -1.00 e. The molecular weight excluding hydrogens is 304 g/mol. The molecule has 0 spiro atoms. The summed E-state index contributed by atoms with van der Waals surface area (Å²) in [6, 6.07) is 7.45. The number of carbonyl (C=O) groups excluding carboxylic acids is 1. The summed E-state index contributed by atoms with van der Waals surface area (Å²) in [5.41, 5.74) is 0.782. The topological polar surface area (TPSA) is 36.0 Å². The van der Waals surface area contributed by atoms with Crippen molar-refractivity contribution in [2.75, 3.05) is 53.7 Å². The lowest BCUT2D eigenvalue weighted by Gasteiger charge is -2.60. The van der Waals surface area contributed by atoms with E-state index >= 15 is 0 Å². The third kappa shape index (κ3) is 2.73. The molecule has 0 radical (unpaired) electrons. The summed E-state index contributed by atoms with van der Waals surface area (Å²) in [7, 11) is 1.64. The summed E-state index contributed by atoms with van der Waals surface area (Å²) in [5, 5.41) is 0. The van der Waals surface area contributed by atoms with Crippen molar-refractivity contribution in [1.82, 2.24) is 14.7 Å². The molecule has 4 aliphatic heterocycles. The number of halogens is 1. The zero-order valence-electron chi connectivity index (χ0n) is 12.7. The van der Waals surface area contributed by atoms with E-state index in [4.69, 9.17) is 4.74 Å². The molecule has 1 aromatic rings. The van der Waals surface area contributed by atoms with Crippen LogP contribution >= 0.6 is 0 Å². The molecule has 6 nitrogen and oxygen atoms in total. The highest BCUT2D eigenvalue weighted by atomic mass is 35.5. The first kappa shape index (κ1) is 15.7. The summed E-state index contributed by atoms with van der Waals surface area (Å²) in [5.74, 6) is 1.02. The fourth-order valence-corrected chi connectivity index (χ4v) is 3.98. The monoisotopic (exact) mass is 324 g/mol. The smallest absolute Gasteiger partial charge is 0.217 e. The van der Waals surface area contributed by atoms with Gasteiger partial charge in [0.05, 0.1) is 27.1 Å². The quantitative estimate of drug-likeness (QED) is 0.448. The first-order valence-corrected chi connectivity index (χ1v) is 7.35. The molecular formula is C15H21ClN4O2. The largest absolute Gasteiger partial charge is 1.00 e. The standard InChI is InChI=1S/C15H21N4O2.ClH/c1-21-14-4-2-13(3-5-14)15(20)6-19-10-16-7-17(11-19)9-18(8-16)12-19;/h2-5H,6-12H2,1H3;1H/q+1;/p-1. The van der Waals surface area contributed by atoms with Crippen LogP contribution in [0.25, 0.3) is 0 Å². The number of ether oxygens (including phenoxy) is 1. The molecule has 4 bridgehead atoms. The molecule has 4 aliphatic rings. The normalized spacial score (nSPS) is 35.0. The molecule has 0 N–H and O–H groups in total. The molecule has 120 valence electrons. The maximum absolute atomic E-state index is 12.6. The van der Waals surface area contributed by atoms with Crippen LogP contribution in [0.1, 0.15) is 10.4 Å². The van der Waals surface area contributed by atoms with Crippen LogP contribution in [0.2, 0.25) is 0 Å². The number of methoxy groups -OCH3 is 1. The minimum atomic E-state index is 0. The summed E-state index contributed by atoms with van der Waals surface area (Å²) in [6.45, 7) is 6.71. The molecule has 0 amide bonds. The van der Waals surface area contributed by atoms with Crippen LogP contribution in [0, 0.1) is 0 Å². The van der Waals surface area contributed by atoms with Gasteiger partial charge in [-0.05, 0) is 24.3 Å². The van der Waals surface area contributed by atoms with E-state index in [-0.39, 0.29) is 18.2 Å². The maximum Gasteiger partial charge on any atom is 0.217 e. The number of hydrogen-bond acceptors (Lipinski definition) is 5. The highest BCUT2D eigenvalue weighted by Crippen LogP contribution is 2.29. The van der Waals surface area contributed by atoms with Crippen LogP contribution in [0.5, 0.6) is 5.75 Å². The number of Topliss-reactive ketones (excluding diaryl/α,β-unsaturated/α-hetero) is 1. The second-order valence-electron chi connectivity index (χ2n) is 6.51. The number of carbonyl (C=O) groups is 1. The van der Waals surface area contributed by atoms with Crippen LogP contribution in [0.4, 0.5) is 0 Å². The van der Waals surface area contributed by atoms with Gasteiger partial charge in [0.1, 0.15) is 32.3 Å². The van der Waals surface area contributed by atoms with E-state index in [0.717, 1.165) is 55.8 Å². The summed E-state index contributed by atoms with van der Waals surface area (Å²) in [4.78, 5) is 19.9. The second-order valence-corrected chi connectivity index (χ2v) is 6.51. The van der Waals surface area contributed by atoms with Crippen molar-refractivity contribution >= 4 is 5.78 Å². The van der Waals surface area contributed by atoms with Crippen LogP contribution in [-0.2, 0) is 0 Å². The fourth-order valence-electron chi connectivity index (χ4n) is 3.98. The van der Waals surface area contributed by atoms with E-state index < -0.39 is 0 Å². The molecule has 22 heavy (non-hydrogen) atoms. The number of benzene rings is 1. The Balaban J connectivity index is 0.00000144. The molecule has 7 heteroatoms. The number of nitrogens with zero attached hydrogens (tertiary/aromatic N) is 4. The maximum atomic E-state index is 12.6. The third-order valence-electron chi connectivity index (χ3n) is 4.59. The Labute approximate surface area is 136 Å². The molecule has 0 saturated carbocycles. The molecule has 0 aliphatic carbocycles. The van der Waals surface area contributed by atoms with E-state index in [1.807, 2.05) is 24.3 Å². The number of ketones is 1.